The number of imide groups is 1. The number of allylic oxidation sites excluding steroid dienone is 4. The van der Waals surface area contributed by atoms with Gasteiger partial charge in [-0.3, -0.25) is 19.2 Å². The standard InChI is InChI=1S/C41H31ClFNO5/c1-22-12-14-26(19-32(22)42)44-39(48)28-16-15-27-30(36(28)40(44)49)20-31-38(47)29(23-8-4-2-5-9-23)21-35(46)41(31,25-10-6-3-7-11-25)37(27)24-13-17-34(45)33(43)18-24/h2-15,17-19,21,28,30-31,36-37,45H,16,20H2,1H3/t28-,30+,31-,36-,37-,41-/m0/s1. The topological polar surface area (TPSA) is 91.8 Å². The zero-order chi connectivity index (χ0) is 34.2. The summed E-state index contributed by atoms with van der Waals surface area (Å²) in [6.07, 6.45) is 3.71. The number of anilines is 1. The van der Waals surface area contributed by atoms with Crippen LogP contribution in [0.1, 0.15) is 41.0 Å². The van der Waals surface area contributed by atoms with E-state index < -0.39 is 46.6 Å². The van der Waals surface area contributed by atoms with E-state index in [0.717, 1.165) is 5.56 Å². The molecule has 8 heteroatoms. The molecule has 1 N–H and O–H groups in total. The van der Waals surface area contributed by atoms with Crippen LogP contribution in [-0.2, 0) is 24.6 Å². The monoisotopic (exact) mass is 671 g/mol. The van der Waals surface area contributed by atoms with Crippen LogP contribution >= 0.6 is 11.6 Å². The first-order chi connectivity index (χ1) is 23.6. The summed E-state index contributed by atoms with van der Waals surface area (Å²) in [6.45, 7) is 1.84. The Bertz CT molecular complexity index is 2140. The van der Waals surface area contributed by atoms with E-state index in [0.29, 0.717) is 33.0 Å². The number of hydrogen-bond donors (Lipinski definition) is 1. The van der Waals surface area contributed by atoms with Crippen molar-refractivity contribution in [2.45, 2.75) is 31.1 Å². The van der Waals surface area contributed by atoms with Gasteiger partial charge in [0.2, 0.25) is 11.8 Å². The maximum Gasteiger partial charge on any atom is 0.238 e. The summed E-state index contributed by atoms with van der Waals surface area (Å²) in [5.41, 5.74) is 2.31. The third-order valence-electron chi connectivity index (χ3n) is 11.1. The molecular formula is C41H31ClFNO5. The second-order valence-corrected chi connectivity index (χ2v) is 13.9. The number of nitrogens with zero attached hydrogens (tertiary/aromatic N) is 1. The number of carbonyl (C=O) groups is 4. The van der Waals surface area contributed by atoms with Crippen LogP contribution in [-0.4, -0.2) is 28.5 Å². The zero-order valence-corrected chi connectivity index (χ0v) is 27.2. The lowest BCUT2D eigenvalue weighted by atomic mass is 9.44. The van der Waals surface area contributed by atoms with Gasteiger partial charge in [-0.1, -0.05) is 96.0 Å². The molecule has 4 aromatic rings. The Hall–Kier alpha value is -5.14. The van der Waals surface area contributed by atoms with Gasteiger partial charge in [-0.2, -0.15) is 0 Å². The largest absolute Gasteiger partial charge is 0.505 e. The van der Waals surface area contributed by atoms with Gasteiger partial charge in [0.25, 0.3) is 0 Å². The second kappa shape index (κ2) is 11.5. The van der Waals surface area contributed by atoms with E-state index in [1.807, 2.05) is 49.4 Å². The molecule has 6 atom stereocenters. The van der Waals surface area contributed by atoms with Crippen molar-refractivity contribution in [3.63, 3.8) is 0 Å². The van der Waals surface area contributed by atoms with E-state index in [1.165, 1.54) is 23.1 Å². The van der Waals surface area contributed by atoms with Crippen LogP contribution < -0.4 is 4.90 Å². The van der Waals surface area contributed by atoms with Crippen molar-refractivity contribution in [1.29, 1.82) is 0 Å². The molecule has 0 unspecified atom stereocenters. The molecule has 0 radical (unpaired) electrons. The molecule has 0 spiro atoms. The van der Waals surface area contributed by atoms with Crippen LogP contribution in [0.5, 0.6) is 5.75 Å². The zero-order valence-electron chi connectivity index (χ0n) is 26.5. The van der Waals surface area contributed by atoms with Gasteiger partial charge in [-0.05, 0) is 78.3 Å². The Morgan fingerprint density at radius 2 is 1.57 bits per heavy atom. The van der Waals surface area contributed by atoms with E-state index in [2.05, 4.69) is 0 Å². The number of aryl methyl sites for hydroxylation is 1. The molecule has 1 saturated carbocycles. The van der Waals surface area contributed by atoms with E-state index in [4.69, 9.17) is 11.6 Å². The molecule has 4 aromatic carbocycles. The van der Waals surface area contributed by atoms with Crippen LogP contribution in [0, 0.1) is 36.4 Å². The van der Waals surface area contributed by atoms with Gasteiger partial charge in [-0.25, -0.2) is 9.29 Å². The lowest BCUT2D eigenvalue weighted by Crippen LogP contribution is -2.58. The molecule has 1 saturated heterocycles. The van der Waals surface area contributed by atoms with E-state index in [9.17, 15) is 24.3 Å². The van der Waals surface area contributed by atoms with Crippen LogP contribution in [0.15, 0.2) is 115 Å². The number of rotatable bonds is 4. The highest BCUT2D eigenvalue weighted by Gasteiger charge is 2.66. The van der Waals surface area contributed by atoms with Crippen molar-refractivity contribution in [1.82, 2.24) is 0 Å². The van der Waals surface area contributed by atoms with E-state index >= 15 is 4.39 Å². The van der Waals surface area contributed by atoms with E-state index in [-0.39, 0.29) is 41.8 Å². The molecule has 0 aromatic heterocycles. The number of carbonyl (C=O) groups excluding carboxylic acids is 4. The summed E-state index contributed by atoms with van der Waals surface area (Å²) < 4.78 is 15.2. The number of Topliss-reactive ketones (excluding diaryl/α,β-unsaturated/α-hetero) is 1. The quantitative estimate of drug-likeness (QED) is 0.179. The molecule has 2 fully saturated rings. The maximum absolute atomic E-state index is 15.2. The molecule has 2 amide bonds. The van der Waals surface area contributed by atoms with Crippen LogP contribution in [0.2, 0.25) is 5.02 Å². The molecule has 49 heavy (non-hydrogen) atoms. The maximum atomic E-state index is 15.2. The summed E-state index contributed by atoms with van der Waals surface area (Å²) in [5.74, 6) is -6.58. The van der Waals surface area contributed by atoms with Gasteiger partial charge in [-0.15, -0.1) is 0 Å². The predicted molar refractivity (Wildman–Crippen MR) is 183 cm³/mol. The van der Waals surface area contributed by atoms with Gasteiger partial charge in [0.05, 0.1) is 22.9 Å². The fourth-order valence-corrected chi connectivity index (χ4v) is 9.10. The molecular weight excluding hydrogens is 641 g/mol. The number of halogens is 2. The Morgan fingerprint density at radius 3 is 2.27 bits per heavy atom. The first-order valence-electron chi connectivity index (χ1n) is 16.4. The normalized spacial score (nSPS) is 27.7. The van der Waals surface area contributed by atoms with Crippen LogP contribution in [0.3, 0.4) is 0 Å². The Labute approximate surface area is 287 Å². The van der Waals surface area contributed by atoms with Gasteiger partial charge >= 0.3 is 0 Å². The molecule has 8 rings (SSSR count). The number of phenolic OH excluding ortho intramolecular Hbond substituents is 1. The number of hydrogen-bond acceptors (Lipinski definition) is 5. The van der Waals surface area contributed by atoms with Crippen molar-refractivity contribution in [3.8, 4) is 5.75 Å². The molecule has 1 aliphatic heterocycles. The lowest BCUT2D eigenvalue weighted by Gasteiger charge is -2.55. The minimum atomic E-state index is -1.48. The van der Waals surface area contributed by atoms with Gasteiger partial charge in [0, 0.05) is 22.4 Å². The van der Waals surface area contributed by atoms with Gasteiger partial charge in [0.15, 0.2) is 23.1 Å². The Morgan fingerprint density at radius 1 is 0.857 bits per heavy atom. The summed E-state index contributed by atoms with van der Waals surface area (Å²) in [7, 11) is 0. The Balaban J connectivity index is 1.35. The average Bonchev–Trinajstić information content (AvgIpc) is 3.37. The summed E-state index contributed by atoms with van der Waals surface area (Å²) in [4.78, 5) is 59.6. The fourth-order valence-electron chi connectivity index (χ4n) is 8.93. The molecule has 4 aliphatic rings. The first kappa shape index (κ1) is 31.1. The van der Waals surface area contributed by atoms with Crippen molar-refractivity contribution in [2.24, 2.45) is 23.7 Å². The first-order valence-corrected chi connectivity index (χ1v) is 16.7. The van der Waals surface area contributed by atoms with E-state index in [1.54, 1.807) is 48.5 Å². The lowest BCUT2D eigenvalue weighted by molar-refractivity contribution is -0.135. The number of aromatic hydroxyl groups is 1. The predicted octanol–water partition coefficient (Wildman–Crippen LogP) is 7.52. The second-order valence-electron chi connectivity index (χ2n) is 13.4. The Kier molecular flexibility index (Phi) is 7.30. The number of ketones is 2. The molecule has 1 heterocycles. The highest BCUT2D eigenvalue weighted by Crippen LogP contribution is 2.63. The minimum Gasteiger partial charge on any atom is -0.505 e. The summed E-state index contributed by atoms with van der Waals surface area (Å²) >= 11 is 6.42. The number of fused-ring (bicyclic) bond motifs is 4. The molecule has 244 valence electrons. The fraction of sp³-hybridized carbons (Fsp3) is 0.220. The number of benzene rings is 4. The van der Waals surface area contributed by atoms with Crippen molar-refractivity contribution < 1.29 is 28.7 Å². The van der Waals surface area contributed by atoms with Crippen molar-refractivity contribution in [3.05, 3.63) is 148 Å². The summed E-state index contributed by atoms with van der Waals surface area (Å²) in [6, 6.07) is 27.2. The SMILES string of the molecule is Cc1ccc(N2C(=O)[C@H]3[C@H](CC=C4[C@H]3C[C@H]3C(=O)C(c5ccccc5)=CC(=O)[C@@]3(c3ccccc3)[C@H]4c3ccc(O)c(F)c3)C2=O)cc1Cl. The number of amides is 2. The highest BCUT2D eigenvalue weighted by atomic mass is 35.5. The number of phenols is 1. The highest BCUT2D eigenvalue weighted by molar-refractivity contribution is 6.33. The van der Waals surface area contributed by atoms with Gasteiger partial charge < -0.3 is 5.11 Å². The van der Waals surface area contributed by atoms with Gasteiger partial charge in [0.1, 0.15) is 0 Å². The summed E-state index contributed by atoms with van der Waals surface area (Å²) in [5, 5.41) is 10.6. The molecule has 0 bridgehead atoms. The van der Waals surface area contributed by atoms with Crippen LogP contribution in [0.4, 0.5) is 10.1 Å². The third-order valence-corrected chi connectivity index (χ3v) is 11.5. The molecule has 6 nitrogen and oxygen atoms in total. The van der Waals surface area contributed by atoms with Crippen molar-refractivity contribution >= 4 is 46.2 Å². The van der Waals surface area contributed by atoms with Crippen LogP contribution in [0.25, 0.3) is 5.57 Å². The third kappa shape index (κ3) is 4.52. The van der Waals surface area contributed by atoms with Crippen molar-refractivity contribution in [2.75, 3.05) is 4.90 Å². The average molecular weight is 672 g/mol. The smallest absolute Gasteiger partial charge is 0.238 e. The minimum absolute atomic E-state index is 0.134. The molecule has 3 aliphatic carbocycles.